The Balaban J connectivity index is 3.53. The summed E-state index contributed by atoms with van der Waals surface area (Å²) in [6, 6.07) is 0.130. The van der Waals surface area contributed by atoms with Crippen molar-refractivity contribution < 1.29 is 9.47 Å². The highest BCUT2D eigenvalue weighted by Gasteiger charge is 1.95. The monoisotopic (exact) mass is 162 g/mol. The molecule has 0 aromatic rings. The number of hydrogen-bond acceptors (Lipinski definition) is 3. The van der Waals surface area contributed by atoms with Crippen molar-refractivity contribution in [1.29, 1.82) is 0 Å². The van der Waals surface area contributed by atoms with Crippen molar-refractivity contribution in [1.82, 2.24) is 0 Å². The molecule has 0 radical (unpaired) electrons. The van der Waals surface area contributed by atoms with E-state index in [9.17, 15) is 4.53 Å². The van der Waals surface area contributed by atoms with E-state index < -0.39 is 0 Å². The second kappa shape index (κ2) is 6.12. The summed E-state index contributed by atoms with van der Waals surface area (Å²) < 4.78 is 11.5. The fraction of sp³-hybridized carbons (Fsp3) is 0.714. The fourth-order valence-electron chi connectivity index (χ4n) is 0.654. The first-order chi connectivity index (χ1) is 5.20. The van der Waals surface area contributed by atoms with E-state index in [4.69, 9.17) is 11.5 Å². The summed E-state index contributed by atoms with van der Waals surface area (Å²) in [7, 11) is 0. The van der Waals surface area contributed by atoms with Gasteiger partial charge in [-0.2, -0.15) is 0 Å². The van der Waals surface area contributed by atoms with Crippen LogP contribution in [0.3, 0.4) is 0 Å². The van der Waals surface area contributed by atoms with Crippen LogP contribution >= 0.6 is 0 Å². The summed E-state index contributed by atoms with van der Waals surface area (Å²) >= 11 is 0. The molecule has 1 unspecified atom stereocenters. The smallest absolute Gasteiger partial charge is 0.158 e. The summed E-state index contributed by atoms with van der Waals surface area (Å²) in [6.07, 6.45) is 3.13. The molecule has 4 heteroatoms. The van der Waals surface area contributed by atoms with E-state index in [0.29, 0.717) is 6.42 Å². The molecule has 0 saturated heterocycles. The third-order valence-electron chi connectivity index (χ3n) is 1.29. The Morgan fingerprint density at radius 3 is 2.73 bits per heavy atom. The Morgan fingerprint density at radius 1 is 1.73 bits per heavy atom. The first kappa shape index (κ1) is 10.4. The van der Waals surface area contributed by atoms with Gasteiger partial charge in [0.2, 0.25) is 0 Å². The van der Waals surface area contributed by atoms with Crippen LogP contribution in [0.1, 0.15) is 19.8 Å². The molecule has 0 aliphatic heterocycles. The summed E-state index contributed by atoms with van der Waals surface area (Å²) in [6.45, 7) is 1.99. The maximum atomic E-state index is 11.5. The van der Waals surface area contributed by atoms with E-state index in [0.717, 1.165) is 6.42 Å². The van der Waals surface area contributed by atoms with Crippen molar-refractivity contribution in [2.24, 2.45) is 11.5 Å². The predicted octanol–water partition coefficient (Wildman–Crippen LogP) is 0.858. The molecule has 0 aromatic carbocycles. The molecule has 0 spiro atoms. The average molecular weight is 162 g/mol. The molecule has 0 amide bonds. The second-order valence-corrected chi connectivity index (χ2v) is 2.51. The van der Waals surface area contributed by atoms with Crippen LogP contribution in [0.15, 0.2) is 11.8 Å². The lowest BCUT2D eigenvalue weighted by atomic mass is 10.2. The van der Waals surface area contributed by atoms with Crippen LogP contribution in [0.5, 0.6) is 0 Å². The number of hydrogen-bond donors (Lipinski definition) is 2. The molecule has 0 aliphatic rings. The Kier molecular flexibility index (Phi) is 5.78. The molecule has 0 fully saturated rings. The second-order valence-electron chi connectivity index (χ2n) is 2.51. The van der Waals surface area contributed by atoms with Crippen LogP contribution in [0.25, 0.3) is 0 Å². The molecule has 0 bridgehead atoms. The molecular formula is C7H15FN2O. The first-order valence-corrected chi connectivity index (χ1v) is 3.64. The highest BCUT2D eigenvalue weighted by atomic mass is 19.3. The van der Waals surface area contributed by atoms with Crippen molar-refractivity contribution in [3.05, 3.63) is 11.8 Å². The SMILES string of the molecule is CC(N)CCC=C(CN)OF. The average Bonchev–Trinajstić information content (AvgIpc) is 1.98. The molecule has 0 aromatic heterocycles. The normalized spacial score (nSPS) is 14.7. The summed E-state index contributed by atoms with van der Waals surface area (Å²) in [5.41, 5.74) is 10.6. The topological polar surface area (TPSA) is 61.3 Å². The van der Waals surface area contributed by atoms with Gasteiger partial charge in [-0.1, -0.05) is 0 Å². The molecule has 0 aliphatic carbocycles. The number of allylic oxidation sites excluding steroid dienone is 1. The van der Waals surface area contributed by atoms with Gasteiger partial charge in [0.25, 0.3) is 0 Å². The zero-order chi connectivity index (χ0) is 8.69. The predicted molar refractivity (Wildman–Crippen MR) is 42.2 cm³/mol. The van der Waals surface area contributed by atoms with Crippen molar-refractivity contribution in [3.8, 4) is 0 Å². The molecule has 66 valence electrons. The molecular weight excluding hydrogens is 147 g/mol. The van der Waals surface area contributed by atoms with Gasteiger partial charge in [-0.3, -0.25) is 4.94 Å². The Labute approximate surface area is 66.1 Å². The zero-order valence-electron chi connectivity index (χ0n) is 6.72. The minimum absolute atomic E-state index is 0.0927. The molecule has 0 saturated carbocycles. The van der Waals surface area contributed by atoms with Gasteiger partial charge in [0, 0.05) is 10.6 Å². The van der Waals surface area contributed by atoms with Gasteiger partial charge in [0.1, 0.15) is 0 Å². The third-order valence-corrected chi connectivity index (χ3v) is 1.29. The van der Waals surface area contributed by atoms with E-state index >= 15 is 0 Å². The maximum absolute atomic E-state index is 11.5. The molecule has 3 nitrogen and oxygen atoms in total. The van der Waals surface area contributed by atoms with Crippen LogP contribution in [-0.4, -0.2) is 12.6 Å². The van der Waals surface area contributed by atoms with Gasteiger partial charge in [-0.25, -0.2) is 0 Å². The lowest BCUT2D eigenvalue weighted by molar-refractivity contribution is -0.0841. The van der Waals surface area contributed by atoms with Crippen LogP contribution < -0.4 is 11.5 Å². The van der Waals surface area contributed by atoms with Gasteiger partial charge >= 0.3 is 0 Å². The van der Waals surface area contributed by atoms with Crippen molar-refractivity contribution >= 4 is 0 Å². The molecule has 1 atom stereocenters. The highest BCUT2D eigenvalue weighted by Crippen LogP contribution is 2.01. The summed E-state index contributed by atoms with van der Waals surface area (Å²) in [4.78, 5) is 3.48. The van der Waals surface area contributed by atoms with Gasteiger partial charge < -0.3 is 11.5 Å². The Morgan fingerprint density at radius 2 is 2.36 bits per heavy atom. The lowest BCUT2D eigenvalue weighted by Gasteiger charge is -2.01. The van der Waals surface area contributed by atoms with Gasteiger partial charge in [0.05, 0.1) is 6.54 Å². The number of halogens is 1. The Hall–Kier alpha value is -0.610. The van der Waals surface area contributed by atoms with E-state index in [1.165, 1.54) is 0 Å². The minimum atomic E-state index is 0.0927. The molecule has 4 N–H and O–H groups in total. The van der Waals surface area contributed by atoms with Crippen LogP contribution in [-0.2, 0) is 4.94 Å². The van der Waals surface area contributed by atoms with Crippen molar-refractivity contribution in [3.63, 3.8) is 0 Å². The Bertz CT molecular complexity index is 120. The minimum Gasteiger partial charge on any atom is -0.328 e. The maximum Gasteiger partial charge on any atom is 0.158 e. The third kappa shape index (κ3) is 5.82. The zero-order valence-corrected chi connectivity index (χ0v) is 6.72. The summed E-state index contributed by atoms with van der Waals surface area (Å²) in [5, 5.41) is 0. The number of nitrogens with two attached hydrogens (primary N) is 2. The van der Waals surface area contributed by atoms with E-state index in [2.05, 4.69) is 4.94 Å². The van der Waals surface area contributed by atoms with Crippen molar-refractivity contribution in [2.45, 2.75) is 25.8 Å². The first-order valence-electron chi connectivity index (χ1n) is 3.64. The van der Waals surface area contributed by atoms with Gasteiger partial charge in [-0.05, 0) is 25.8 Å². The number of rotatable bonds is 5. The van der Waals surface area contributed by atoms with Crippen LogP contribution in [0.2, 0.25) is 0 Å². The molecule has 11 heavy (non-hydrogen) atoms. The van der Waals surface area contributed by atoms with Crippen LogP contribution in [0.4, 0.5) is 4.53 Å². The molecule has 0 rings (SSSR count). The van der Waals surface area contributed by atoms with Gasteiger partial charge in [0.15, 0.2) is 5.76 Å². The van der Waals surface area contributed by atoms with E-state index in [1.54, 1.807) is 6.08 Å². The van der Waals surface area contributed by atoms with E-state index in [-0.39, 0.29) is 18.3 Å². The highest BCUT2D eigenvalue weighted by molar-refractivity contribution is 4.93. The van der Waals surface area contributed by atoms with E-state index in [1.807, 2.05) is 6.92 Å². The van der Waals surface area contributed by atoms with Crippen molar-refractivity contribution in [2.75, 3.05) is 6.54 Å². The quantitative estimate of drug-likeness (QED) is 0.589. The standard InChI is InChI=1S/C7H15FN2O/c1-6(10)3-2-4-7(5-9)11-8/h4,6H,2-3,5,9-10H2,1H3. The van der Waals surface area contributed by atoms with Gasteiger partial charge in [-0.15, -0.1) is 0 Å². The fourth-order valence-corrected chi connectivity index (χ4v) is 0.654. The molecule has 0 heterocycles. The lowest BCUT2D eigenvalue weighted by Crippen LogP contribution is -2.13. The largest absolute Gasteiger partial charge is 0.328 e. The van der Waals surface area contributed by atoms with Crippen LogP contribution in [0, 0.1) is 0 Å². The summed E-state index contributed by atoms with van der Waals surface area (Å²) in [5.74, 6) is 0.172.